The summed E-state index contributed by atoms with van der Waals surface area (Å²) in [5.74, 6) is -0.120. The number of rotatable bonds is 4. The summed E-state index contributed by atoms with van der Waals surface area (Å²) in [6.45, 7) is 4.72. The average Bonchev–Trinajstić information content (AvgIpc) is 2.97. The molecule has 0 aliphatic carbocycles. The Morgan fingerprint density at radius 1 is 1.30 bits per heavy atom. The number of carbonyl (C=O) groups is 1. The van der Waals surface area contributed by atoms with Gasteiger partial charge in [-0.3, -0.25) is 4.79 Å². The summed E-state index contributed by atoms with van der Waals surface area (Å²) >= 11 is 3.45. The van der Waals surface area contributed by atoms with Crippen LogP contribution in [0.3, 0.4) is 0 Å². The average molecular weight is 373 g/mol. The second-order valence-corrected chi connectivity index (χ2v) is 6.27. The van der Waals surface area contributed by atoms with Crippen molar-refractivity contribution >= 4 is 32.9 Å². The number of amides is 1. The minimum atomic E-state index is -0.120. The van der Waals surface area contributed by atoms with E-state index in [2.05, 4.69) is 31.6 Å². The van der Waals surface area contributed by atoms with E-state index in [1.165, 1.54) is 0 Å². The first-order chi connectivity index (χ1) is 11.1. The normalized spacial score (nSPS) is 12.3. The van der Waals surface area contributed by atoms with Crippen LogP contribution in [0.1, 0.15) is 35.8 Å². The molecule has 0 fully saturated rings. The van der Waals surface area contributed by atoms with Gasteiger partial charge in [0.2, 0.25) is 0 Å². The van der Waals surface area contributed by atoms with Crippen molar-refractivity contribution < 1.29 is 4.79 Å². The molecule has 1 N–H and O–H groups in total. The maximum atomic E-state index is 12.5. The number of fused-ring (bicyclic) bond motifs is 1. The van der Waals surface area contributed by atoms with Gasteiger partial charge in [-0.1, -0.05) is 33.3 Å². The molecular weight excluding hydrogens is 356 g/mol. The summed E-state index contributed by atoms with van der Waals surface area (Å²) in [7, 11) is 0. The standard InChI is InChI=1S/C17H17BrN4O/c1-3-22-16-8-7-13(10-15(16)20-21-22)17(23)19-11(2)12-5-4-6-14(18)9-12/h4-11H,3H2,1-2H3,(H,19,23). The van der Waals surface area contributed by atoms with Crippen LogP contribution in [0.5, 0.6) is 0 Å². The van der Waals surface area contributed by atoms with E-state index in [1.54, 1.807) is 16.8 Å². The van der Waals surface area contributed by atoms with Crippen molar-refractivity contribution in [1.82, 2.24) is 20.3 Å². The molecule has 6 heteroatoms. The van der Waals surface area contributed by atoms with Crippen molar-refractivity contribution in [3.63, 3.8) is 0 Å². The highest BCUT2D eigenvalue weighted by Gasteiger charge is 2.13. The molecule has 5 nitrogen and oxygen atoms in total. The number of halogens is 1. The van der Waals surface area contributed by atoms with E-state index in [9.17, 15) is 4.79 Å². The Morgan fingerprint density at radius 3 is 2.87 bits per heavy atom. The Labute approximate surface area is 142 Å². The van der Waals surface area contributed by atoms with Crippen LogP contribution in [0.25, 0.3) is 11.0 Å². The molecule has 2 aromatic carbocycles. The zero-order valence-corrected chi connectivity index (χ0v) is 14.5. The first-order valence-electron chi connectivity index (χ1n) is 7.48. The quantitative estimate of drug-likeness (QED) is 0.759. The molecule has 1 unspecified atom stereocenters. The minimum Gasteiger partial charge on any atom is -0.346 e. The summed E-state index contributed by atoms with van der Waals surface area (Å²) < 4.78 is 2.80. The summed E-state index contributed by atoms with van der Waals surface area (Å²) in [4.78, 5) is 12.5. The maximum absolute atomic E-state index is 12.5. The molecule has 0 saturated carbocycles. The molecule has 0 radical (unpaired) electrons. The zero-order valence-electron chi connectivity index (χ0n) is 13.0. The predicted molar refractivity (Wildman–Crippen MR) is 93.2 cm³/mol. The summed E-state index contributed by atoms with van der Waals surface area (Å²) in [5, 5.41) is 11.2. The Hall–Kier alpha value is -2.21. The molecule has 3 rings (SSSR count). The van der Waals surface area contributed by atoms with E-state index < -0.39 is 0 Å². The Morgan fingerprint density at radius 2 is 2.13 bits per heavy atom. The fourth-order valence-electron chi connectivity index (χ4n) is 2.49. The molecule has 1 amide bonds. The molecule has 3 aromatic rings. The van der Waals surface area contributed by atoms with Crippen LogP contribution < -0.4 is 5.32 Å². The Kier molecular flexibility index (Phi) is 4.43. The van der Waals surface area contributed by atoms with Gasteiger partial charge in [0.25, 0.3) is 5.91 Å². The molecule has 0 bridgehead atoms. The number of nitrogens with one attached hydrogen (secondary N) is 1. The lowest BCUT2D eigenvalue weighted by Gasteiger charge is -2.14. The maximum Gasteiger partial charge on any atom is 0.251 e. The monoisotopic (exact) mass is 372 g/mol. The van der Waals surface area contributed by atoms with Gasteiger partial charge in [-0.15, -0.1) is 5.10 Å². The van der Waals surface area contributed by atoms with Crippen molar-refractivity contribution in [3.8, 4) is 0 Å². The molecule has 1 aromatic heterocycles. The number of nitrogens with zero attached hydrogens (tertiary/aromatic N) is 3. The zero-order chi connectivity index (χ0) is 16.4. The third-order valence-electron chi connectivity index (χ3n) is 3.77. The van der Waals surface area contributed by atoms with Crippen molar-refractivity contribution in [2.75, 3.05) is 0 Å². The van der Waals surface area contributed by atoms with Crippen molar-refractivity contribution in [2.24, 2.45) is 0 Å². The van der Waals surface area contributed by atoms with E-state index >= 15 is 0 Å². The van der Waals surface area contributed by atoms with Gasteiger partial charge in [0.15, 0.2) is 0 Å². The van der Waals surface area contributed by atoms with Crippen molar-refractivity contribution in [2.45, 2.75) is 26.4 Å². The van der Waals surface area contributed by atoms with Gasteiger partial charge in [0, 0.05) is 16.6 Å². The van der Waals surface area contributed by atoms with Crippen LogP contribution in [-0.4, -0.2) is 20.9 Å². The molecule has 0 aliphatic heterocycles. The lowest BCUT2D eigenvalue weighted by Crippen LogP contribution is -2.26. The number of aryl methyl sites for hydroxylation is 1. The van der Waals surface area contributed by atoms with Gasteiger partial charge in [0.1, 0.15) is 5.52 Å². The third kappa shape index (κ3) is 3.27. The first-order valence-corrected chi connectivity index (χ1v) is 8.27. The largest absolute Gasteiger partial charge is 0.346 e. The second kappa shape index (κ2) is 6.50. The molecule has 0 spiro atoms. The van der Waals surface area contributed by atoms with E-state index in [0.29, 0.717) is 5.56 Å². The SMILES string of the molecule is CCn1nnc2cc(C(=O)NC(C)c3cccc(Br)c3)ccc21. The van der Waals surface area contributed by atoms with Crippen LogP contribution in [-0.2, 0) is 6.54 Å². The van der Waals surface area contributed by atoms with Gasteiger partial charge in [-0.2, -0.15) is 0 Å². The van der Waals surface area contributed by atoms with E-state index in [-0.39, 0.29) is 11.9 Å². The van der Waals surface area contributed by atoms with Crippen molar-refractivity contribution in [3.05, 3.63) is 58.1 Å². The van der Waals surface area contributed by atoms with Gasteiger partial charge in [-0.05, 0) is 49.7 Å². The fourth-order valence-corrected chi connectivity index (χ4v) is 2.90. The highest BCUT2D eigenvalue weighted by atomic mass is 79.9. The molecular formula is C17H17BrN4O. The molecule has 0 aliphatic rings. The van der Waals surface area contributed by atoms with Crippen LogP contribution in [0.15, 0.2) is 46.9 Å². The molecule has 118 valence electrons. The second-order valence-electron chi connectivity index (χ2n) is 5.36. The Bertz CT molecular complexity index is 859. The van der Waals surface area contributed by atoms with E-state index in [0.717, 1.165) is 27.6 Å². The van der Waals surface area contributed by atoms with E-state index in [4.69, 9.17) is 0 Å². The highest BCUT2D eigenvalue weighted by molar-refractivity contribution is 9.10. The first kappa shape index (κ1) is 15.7. The third-order valence-corrected chi connectivity index (χ3v) is 4.27. The smallest absolute Gasteiger partial charge is 0.251 e. The molecule has 1 heterocycles. The lowest BCUT2D eigenvalue weighted by molar-refractivity contribution is 0.0940. The van der Waals surface area contributed by atoms with Crippen LogP contribution in [0.4, 0.5) is 0 Å². The number of benzene rings is 2. The fraction of sp³-hybridized carbons (Fsp3) is 0.235. The molecule has 1 atom stereocenters. The summed E-state index contributed by atoms with van der Waals surface area (Å²) in [5.41, 5.74) is 3.30. The molecule has 23 heavy (non-hydrogen) atoms. The lowest BCUT2D eigenvalue weighted by atomic mass is 10.1. The number of hydrogen-bond donors (Lipinski definition) is 1. The minimum absolute atomic E-state index is 0.0815. The van der Waals surface area contributed by atoms with Crippen LogP contribution in [0, 0.1) is 0 Å². The van der Waals surface area contributed by atoms with Gasteiger partial charge >= 0.3 is 0 Å². The Balaban J connectivity index is 1.80. The predicted octanol–water partition coefficient (Wildman–Crippen LogP) is 3.70. The van der Waals surface area contributed by atoms with Gasteiger partial charge < -0.3 is 5.32 Å². The van der Waals surface area contributed by atoms with Gasteiger partial charge in [-0.25, -0.2) is 4.68 Å². The molecule has 0 saturated heterocycles. The van der Waals surface area contributed by atoms with Gasteiger partial charge in [0.05, 0.1) is 11.6 Å². The van der Waals surface area contributed by atoms with E-state index in [1.807, 2.05) is 44.2 Å². The number of aromatic nitrogens is 3. The summed E-state index contributed by atoms with van der Waals surface area (Å²) in [6.07, 6.45) is 0. The highest BCUT2D eigenvalue weighted by Crippen LogP contribution is 2.19. The number of carbonyl (C=O) groups excluding carboxylic acids is 1. The topological polar surface area (TPSA) is 59.8 Å². The van der Waals surface area contributed by atoms with Crippen LogP contribution in [0.2, 0.25) is 0 Å². The summed E-state index contributed by atoms with van der Waals surface area (Å²) in [6, 6.07) is 13.3. The number of hydrogen-bond acceptors (Lipinski definition) is 3. The van der Waals surface area contributed by atoms with Crippen LogP contribution >= 0.6 is 15.9 Å². The van der Waals surface area contributed by atoms with Crippen molar-refractivity contribution in [1.29, 1.82) is 0 Å².